The van der Waals surface area contributed by atoms with Gasteiger partial charge in [0.1, 0.15) is 11.4 Å². The summed E-state index contributed by atoms with van der Waals surface area (Å²) < 4.78 is 5.67. The van der Waals surface area contributed by atoms with Gasteiger partial charge in [0.25, 0.3) is 0 Å². The molecule has 2 aliphatic rings. The van der Waals surface area contributed by atoms with E-state index in [0.717, 1.165) is 37.3 Å². The van der Waals surface area contributed by atoms with Crippen molar-refractivity contribution < 1.29 is 4.74 Å². The summed E-state index contributed by atoms with van der Waals surface area (Å²) in [7, 11) is 3.71. The van der Waals surface area contributed by atoms with Crippen molar-refractivity contribution in [2.24, 2.45) is 0 Å². The molecule has 4 heteroatoms. The maximum Gasteiger partial charge on any atom is 0.162 e. The molecule has 3 rings (SSSR count). The first-order valence-electron chi connectivity index (χ1n) is 6.42. The van der Waals surface area contributed by atoms with Crippen LogP contribution in [0.5, 0.6) is 0 Å². The fraction of sp³-hybridized carbons (Fsp3) is 0.692. The molecular weight excluding hydrogens is 214 g/mol. The minimum atomic E-state index is -0.205. The van der Waals surface area contributed by atoms with Gasteiger partial charge in [-0.05, 0) is 38.5 Å². The van der Waals surface area contributed by atoms with E-state index in [4.69, 9.17) is 9.72 Å². The van der Waals surface area contributed by atoms with Crippen LogP contribution in [0.3, 0.4) is 0 Å². The van der Waals surface area contributed by atoms with Crippen molar-refractivity contribution in [3.63, 3.8) is 0 Å². The Morgan fingerprint density at radius 3 is 2.59 bits per heavy atom. The molecular formula is C13H19N3O. The molecule has 0 atom stereocenters. The van der Waals surface area contributed by atoms with Crippen LogP contribution in [-0.4, -0.2) is 24.1 Å². The highest BCUT2D eigenvalue weighted by Gasteiger charge is 2.42. The molecule has 0 radical (unpaired) electrons. The highest BCUT2D eigenvalue weighted by atomic mass is 16.5. The number of hydrogen-bond acceptors (Lipinski definition) is 4. The second-order valence-corrected chi connectivity index (χ2v) is 4.98. The zero-order chi connectivity index (χ0) is 11.9. The Morgan fingerprint density at radius 2 is 2.00 bits per heavy atom. The van der Waals surface area contributed by atoms with E-state index in [1.165, 1.54) is 24.1 Å². The zero-order valence-corrected chi connectivity index (χ0v) is 10.5. The number of rotatable bonds is 3. The molecule has 1 aromatic rings. The van der Waals surface area contributed by atoms with E-state index in [9.17, 15) is 0 Å². The molecule has 1 heterocycles. The molecule has 2 aliphatic carbocycles. The van der Waals surface area contributed by atoms with E-state index in [1.54, 1.807) is 7.11 Å². The summed E-state index contributed by atoms with van der Waals surface area (Å²) in [6.45, 7) is 0. The van der Waals surface area contributed by atoms with E-state index in [0.29, 0.717) is 0 Å². The predicted molar refractivity (Wildman–Crippen MR) is 66.1 cm³/mol. The minimum Gasteiger partial charge on any atom is -0.373 e. The Bertz CT molecular complexity index is 435. The molecule has 1 aromatic heterocycles. The van der Waals surface area contributed by atoms with Gasteiger partial charge in [-0.1, -0.05) is 0 Å². The van der Waals surface area contributed by atoms with Crippen LogP contribution in [0, 0.1) is 0 Å². The molecule has 92 valence electrons. The number of nitrogens with zero attached hydrogens (tertiary/aromatic N) is 2. The summed E-state index contributed by atoms with van der Waals surface area (Å²) in [6.07, 6.45) is 6.69. The normalized spacial score (nSPS) is 20.8. The number of fused-ring (bicyclic) bond motifs is 1. The largest absolute Gasteiger partial charge is 0.373 e. The standard InChI is InChI=1S/C13H19N3O/c1-14-11-9-5-3-6-10(9)15-12(16-11)13(17-2)7-4-8-13/h3-8H2,1-2H3,(H,14,15,16). The molecule has 0 aliphatic heterocycles. The third kappa shape index (κ3) is 1.54. The maximum absolute atomic E-state index is 5.67. The van der Waals surface area contributed by atoms with Gasteiger partial charge in [0.05, 0.1) is 0 Å². The third-order valence-corrected chi connectivity index (χ3v) is 4.13. The van der Waals surface area contributed by atoms with E-state index < -0.39 is 0 Å². The van der Waals surface area contributed by atoms with Crippen molar-refractivity contribution in [3.8, 4) is 0 Å². The minimum absolute atomic E-state index is 0.205. The third-order valence-electron chi connectivity index (χ3n) is 4.13. The van der Waals surface area contributed by atoms with Crippen LogP contribution in [0.4, 0.5) is 5.82 Å². The van der Waals surface area contributed by atoms with Crippen LogP contribution in [0.15, 0.2) is 0 Å². The van der Waals surface area contributed by atoms with Gasteiger partial charge in [0.2, 0.25) is 0 Å². The monoisotopic (exact) mass is 233 g/mol. The van der Waals surface area contributed by atoms with E-state index >= 15 is 0 Å². The average molecular weight is 233 g/mol. The first-order chi connectivity index (χ1) is 8.29. The van der Waals surface area contributed by atoms with E-state index in [-0.39, 0.29) is 5.60 Å². The Morgan fingerprint density at radius 1 is 1.18 bits per heavy atom. The number of ether oxygens (including phenoxy) is 1. The Hall–Kier alpha value is -1.16. The van der Waals surface area contributed by atoms with Gasteiger partial charge in [-0.15, -0.1) is 0 Å². The number of anilines is 1. The van der Waals surface area contributed by atoms with Crippen LogP contribution in [0.25, 0.3) is 0 Å². The Labute approximate surface area is 102 Å². The lowest BCUT2D eigenvalue weighted by Gasteiger charge is -2.39. The summed E-state index contributed by atoms with van der Waals surface area (Å²) in [4.78, 5) is 9.43. The number of nitrogens with one attached hydrogen (secondary N) is 1. The lowest BCUT2D eigenvalue weighted by Crippen LogP contribution is -2.38. The zero-order valence-electron chi connectivity index (χ0n) is 10.5. The molecule has 17 heavy (non-hydrogen) atoms. The summed E-state index contributed by atoms with van der Waals surface area (Å²) in [5, 5.41) is 3.21. The number of methoxy groups -OCH3 is 1. The Balaban J connectivity index is 2.06. The fourth-order valence-corrected chi connectivity index (χ4v) is 2.86. The molecule has 0 bridgehead atoms. The number of hydrogen-bond donors (Lipinski definition) is 1. The molecule has 4 nitrogen and oxygen atoms in total. The van der Waals surface area contributed by atoms with Crippen molar-refractivity contribution in [2.75, 3.05) is 19.5 Å². The Kier molecular flexibility index (Phi) is 2.54. The van der Waals surface area contributed by atoms with Gasteiger partial charge in [-0.3, -0.25) is 0 Å². The number of aryl methyl sites for hydroxylation is 1. The van der Waals surface area contributed by atoms with Crippen molar-refractivity contribution in [1.29, 1.82) is 0 Å². The second-order valence-electron chi connectivity index (χ2n) is 4.98. The van der Waals surface area contributed by atoms with Crippen LogP contribution in [0.2, 0.25) is 0 Å². The molecule has 0 spiro atoms. The highest BCUT2D eigenvalue weighted by molar-refractivity contribution is 5.48. The fourth-order valence-electron chi connectivity index (χ4n) is 2.86. The molecule has 0 amide bonds. The van der Waals surface area contributed by atoms with Crippen LogP contribution >= 0.6 is 0 Å². The first-order valence-corrected chi connectivity index (χ1v) is 6.42. The SMILES string of the molecule is CNc1nc(C2(OC)CCC2)nc2c1CCC2. The lowest BCUT2D eigenvalue weighted by molar-refractivity contribution is -0.0846. The lowest BCUT2D eigenvalue weighted by atomic mass is 9.79. The maximum atomic E-state index is 5.67. The average Bonchev–Trinajstić information content (AvgIpc) is 2.75. The van der Waals surface area contributed by atoms with Crippen LogP contribution in [0.1, 0.15) is 42.8 Å². The summed E-state index contributed by atoms with van der Waals surface area (Å²) >= 11 is 0. The predicted octanol–water partition coefficient (Wildman–Crippen LogP) is 2.03. The quantitative estimate of drug-likeness (QED) is 0.867. The van der Waals surface area contributed by atoms with Gasteiger partial charge in [0, 0.05) is 25.4 Å². The molecule has 1 saturated carbocycles. The van der Waals surface area contributed by atoms with Gasteiger partial charge in [-0.2, -0.15) is 0 Å². The number of aromatic nitrogens is 2. The smallest absolute Gasteiger partial charge is 0.162 e. The van der Waals surface area contributed by atoms with Gasteiger partial charge in [-0.25, -0.2) is 9.97 Å². The van der Waals surface area contributed by atoms with Crippen molar-refractivity contribution in [3.05, 3.63) is 17.1 Å². The van der Waals surface area contributed by atoms with Gasteiger partial charge in [0.15, 0.2) is 5.82 Å². The van der Waals surface area contributed by atoms with Crippen LogP contribution < -0.4 is 5.32 Å². The summed E-state index contributed by atoms with van der Waals surface area (Å²) in [6, 6.07) is 0. The molecule has 0 saturated heterocycles. The van der Waals surface area contributed by atoms with Crippen molar-refractivity contribution >= 4 is 5.82 Å². The van der Waals surface area contributed by atoms with E-state index in [2.05, 4.69) is 10.3 Å². The highest BCUT2D eigenvalue weighted by Crippen LogP contribution is 2.43. The molecule has 0 aromatic carbocycles. The second kappa shape index (κ2) is 3.95. The summed E-state index contributed by atoms with van der Waals surface area (Å²) in [5.41, 5.74) is 2.33. The summed E-state index contributed by atoms with van der Waals surface area (Å²) in [5.74, 6) is 1.89. The van der Waals surface area contributed by atoms with E-state index in [1.807, 2.05) is 7.05 Å². The molecule has 0 unspecified atom stereocenters. The van der Waals surface area contributed by atoms with Gasteiger partial charge < -0.3 is 10.1 Å². The topological polar surface area (TPSA) is 47.0 Å². The molecule has 1 fully saturated rings. The van der Waals surface area contributed by atoms with Crippen molar-refractivity contribution in [1.82, 2.24) is 9.97 Å². The van der Waals surface area contributed by atoms with Crippen molar-refractivity contribution in [2.45, 2.75) is 44.1 Å². The molecule has 1 N–H and O–H groups in total. The first kappa shape index (κ1) is 11.0. The van der Waals surface area contributed by atoms with Gasteiger partial charge >= 0.3 is 0 Å². The van der Waals surface area contributed by atoms with Crippen LogP contribution in [-0.2, 0) is 23.2 Å².